The van der Waals surface area contributed by atoms with Crippen molar-refractivity contribution in [2.75, 3.05) is 11.6 Å². The predicted octanol–water partition coefficient (Wildman–Crippen LogP) is 2.91. The van der Waals surface area contributed by atoms with Crippen LogP contribution in [0.3, 0.4) is 0 Å². The zero-order valence-corrected chi connectivity index (χ0v) is 12.3. The number of sulfone groups is 1. The lowest BCUT2D eigenvalue weighted by molar-refractivity contribution is 0.168. The van der Waals surface area contributed by atoms with Gasteiger partial charge in [0, 0.05) is 23.1 Å². The van der Waals surface area contributed by atoms with E-state index in [9.17, 15) is 8.42 Å². The standard InChI is InChI=1S/C13H18ClNO2S/c1-13(2)11(14)8-12(13)15-9-6-4-5-7-10(9)18(3,16)17/h4-7,11-12,15H,8H2,1-3H3. The Labute approximate surface area is 113 Å². The number of benzene rings is 1. The Morgan fingerprint density at radius 2 is 1.94 bits per heavy atom. The van der Waals surface area contributed by atoms with Crippen molar-refractivity contribution in [3.05, 3.63) is 24.3 Å². The van der Waals surface area contributed by atoms with Crippen LogP contribution in [-0.4, -0.2) is 26.1 Å². The maximum atomic E-state index is 11.7. The molecule has 5 heteroatoms. The molecule has 1 aliphatic carbocycles. The number of anilines is 1. The lowest BCUT2D eigenvalue weighted by Gasteiger charge is -2.49. The Hall–Kier alpha value is -0.740. The van der Waals surface area contributed by atoms with Crippen molar-refractivity contribution < 1.29 is 8.42 Å². The quantitative estimate of drug-likeness (QED) is 0.870. The first-order valence-electron chi connectivity index (χ1n) is 5.92. The molecule has 0 aromatic heterocycles. The molecule has 0 amide bonds. The van der Waals surface area contributed by atoms with Gasteiger partial charge in [0.2, 0.25) is 0 Å². The summed E-state index contributed by atoms with van der Waals surface area (Å²) < 4.78 is 23.4. The average molecular weight is 288 g/mol. The number of alkyl halides is 1. The minimum absolute atomic E-state index is 0.0217. The zero-order valence-electron chi connectivity index (χ0n) is 10.8. The first-order chi connectivity index (χ1) is 8.23. The highest BCUT2D eigenvalue weighted by atomic mass is 35.5. The van der Waals surface area contributed by atoms with Gasteiger partial charge in [-0.25, -0.2) is 8.42 Å². The molecule has 0 radical (unpaired) electrons. The molecule has 1 N–H and O–H groups in total. The summed E-state index contributed by atoms with van der Waals surface area (Å²) in [5.41, 5.74) is 0.647. The van der Waals surface area contributed by atoms with Gasteiger partial charge in [0.1, 0.15) is 0 Å². The third kappa shape index (κ3) is 2.36. The van der Waals surface area contributed by atoms with Crippen LogP contribution in [-0.2, 0) is 9.84 Å². The molecule has 100 valence electrons. The number of para-hydroxylation sites is 1. The highest BCUT2D eigenvalue weighted by Crippen LogP contribution is 2.46. The zero-order chi connectivity index (χ0) is 13.6. The fourth-order valence-electron chi connectivity index (χ4n) is 2.21. The van der Waals surface area contributed by atoms with Crippen LogP contribution in [0.25, 0.3) is 0 Å². The van der Waals surface area contributed by atoms with E-state index in [4.69, 9.17) is 11.6 Å². The summed E-state index contributed by atoms with van der Waals surface area (Å²) in [6.07, 6.45) is 2.08. The lowest BCUT2D eigenvalue weighted by Crippen LogP contribution is -2.54. The maximum Gasteiger partial charge on any atom is 0.177 e. The predicted molar refractivity (Wildman–Crippen MR) is 75.0 cm³/mol. The van der Waals surface area contributed by atoms with Gasteiger partial charge in [-0.05, 0) is 18.6 Å². The molecule has 1 fully saturated rings. The minimum atomic E-state index is -3.21. The van der Waals surface area contributed by atoms with E-state index in [1.165, 1.54) is 6.26 Å². The van der Waals surface area contributed by atoms with Crippen molar-refractivity contribution in [1.82, 2.24) is 0 Å². The first kappa shape index (κ1) is 13.7. The van der Waals surface area contributed by atoms with E-state index in [1.54, 1.807) is 18.2 Å². The fraction of sp³-hybridized carbons (Fsp3) is 0.538. The highest BCUT2D eigenvalue weighted by Gasteiger charge is 2.47. The van der Waals surface area contributed by atoms with Crippen LogP contribution in [0.15, 0.2) is 29.2 Å². The number of rotatable bonds is 3. The second-order valence-corrected chi connectivity index (χ2v) is 8.00. The summed E-state index contributed by atoms with van der Waals surface area (Å²) in [5.74, 6) is 0. The van der Waals surface area contributed by atoms with E-state index in [0.717, 1.165) is 6.42 Å². The van der Waals surface area contributed by atoms with E-state index in [0.29, 0.717) is 10.6 Å². The van der Waals surface area contributed by atoms with Crippen LogP contribution in [0.1, 0.15) is 20.3 Å². The van der Waals surface area contributed by atoms with E-state index in [-0.39, 0.29) is 16.8 Å². The van der Waals surface area contributed by atoms with Crippen molar-refractivity contribution in [2.45, 2.75) is 36.6 Å². The van der Waals surface area contributed by atoms with Crippen LogP contribution >= 0.6 is 11.6 Å². The molecule has 18 heavy (non-hydrogen) atoms. The molecule has 1 aliphatic rings. The third-order valence-corrected chi connectivity index (χ3v) is 5.66. The molecule has 0 aliphatic heterocycles. The van der Waals surface area contributed by atoms with Crippen molar-refractivity contribution in [3.63, 3.8) is 0 Å². The molecule has 0 spiro atoms. The molecular weight excluding hydrogens is 270 g/mol. The van der Waals surface area contributed by atoms with Gasteiger partial charge < -0.3 is 5.32 Å². The van der Waals surface area contributed by atoms with Gasteiger partial charge in [0.05, 0.1) is 10.6 Å². The summed E-state index contributed by atoms with van der Waals surface area (Å²) in [7, 11) is -3.21. The van der Waals surface area contributed by atoms with E-state index in [2.05, 4.69) is 19.2 Å². The Morgan fingerprint density at radius 1 is 1.33 bits per heavy atom. The lowest BCUT2D eigenvalue weighted by atomic mass is 9.66. The number of nitrogens with one attached hydrogen (secondary N) is 1. The molecule has 0 heterocycles. The van der Waals surface area contributed by atoms with Gasteiger partial charge in [0.15, 0.2) is 9.84 Å². The second kappa shape index (κ2) is 4.42. The van der Waals surface area contributed by atoms with Crippen LogP contribution in [0, 0.1) is 5.41 Å². The molecule has 0 saturated heterocycles. The number of hydrogen-bond acceptors (Lipinski definition) is 3. The Morgan fingerprint density at radius 3 is 2.44 bits per heavy atom. The highest BCUT2D eigenvalue weighted by molar-refractivity contribution is 7.90. The molecule has 1 aromatic carbocycles. The maximum absolute atomic E-state index is 11.7. The molecule has 1 aromatic rings. The van der Waals surface area contributed by atoms with Gasteiger partial charge >= 0.3 is 0 Å². The van der Waals surface area contributed by atoms with Crippen LogP contribution < -0.4 is 5.32 Å². The molecule has 3 nitrogen and oxygen atoms in total. The normalized spacial score (nSPS) is 26.4. The molecular formula is C13H18ClNO2S. The summed E-state index contributed by atoms with van der Waals surface area (Å²) in [6.45, 7) is 4.18. The van der Waals surface area contributed by atoms with Crippen molar-refractivity contribution in [2.24, 2.45) is 5.41 Å². The molecule has 1 saturated carbocycles. The SMILES string of the molecule is CC1(C)C(Cl)CC1Nc1ccccc1S(C)(=O)=O. The Balaban J connectivity index is 2.27. The monoisotopic (exact) mass is 287 g/mol. The molecule has 2 atom stereocenters. The first-order valence-corrected chi connectivity index (χ1v) is 8.25. The summed E-state index contributed by atoms with van der Waals surface area (Å²) in [6, 6.07) is 7.21. The largest absolute Gasteiger partial charge is 0.381 e. The molecule has 0 bridgehead atoms. The van der Waals surface area contributed by atoms with Crippen molar-refractivity contribution in [3.8, 4) is 0 Å². The fourth-order valence-corrected chi connectivity index (χ4v) is 3.40. The number of halogens is 1. The minimum Gasteiger partial charge on any atom is -0.381 e. The van der Waals surface area contributed by atoms with Gasteiger partial charge in [-0.3, -0.25) is 0 Å². The van der Waals surface area contributed by atoms with Gasteiger partial charge in [-0.1, -0.05) is 26.0 Å². The molecule has 2 rings (SSSR count). The van der Waals surface area contributed by atoms with Crippen molar-refractivity contribution >= 4 is 27.1 Å². The van der Waals surface area contributed by atoms with Gasteiger partial charge in [-0.15, -0.1) is 11.6 Å². The second-order valence-electron chi connectivity index (χ2n) is 5.49. The summed E-state index contributed by atoms with van der Waals surface area (Å²) >= 11 is 6.17. The number of hydrogen-bond donors (Lipinski definition) is 1. The van der Waals surface area contributed by atoms with Crippen LogP contribution in [0.5, 0.6) is 0 Å². The smallest absolute Gasteiger partial charge is 0.177 e. The summed E-state index contributed by atoms with van der Waals surface area (Å²) in [5, 5.41) is 3.45. The topological polar surface area (TPSA) is 46.2 Å². The third-order valence-electron chi connectivity index (χ3n) is 3.76. The summed E-state index contributed by atoms with van der Waals surface area (Å²) in [4.78, 5) is 0.346. The van der Waals surface area contributed by atoms with Gasteiger partial charge in [-0.2, -0.15) is 0 Å². The average Bonchev–Trinajstić information content (AvgIpc) is 2.28. The van der Waals surface area contributed by atoms with E-state index < -0.39 is 9.84 Å². The van der Waals surface area contributed by atoms with E-state index >= 15 is 0 Å². The Bertz CT molecular complexity index is 554. The van der Waals surface area contributed by atoms with Crippen LogP contribution in [0.2, 0.25) is 0 Å². The molecule has 2 unspecified atom stereocenters. The van der Waals surface area contributed by atoms with Crippen molar-refractivity contribution in [1.29, 1.82) is 0 Å². The van der Waals surface area contributed by atoms with E-state index in [1.807, 2.05) is 6.07 Å². The Kier molecular flexibility index (Phi) is 3.36. The van der Waals surface area contributed by atoms with Gasteiger partial charge in [0.25, 0.3) is 0 Å². The van der Waals surface area contributed by atoms with Crippen LogP contribution in [0.4, 0.5) is 5.69 Å².